The van der Waals surface area contributed by atoms with E-state index in [2.05, 4.69) is 22.9 Å². The van der Waals surface area contributed by atoms with Crippen LogP contribution in [0, 0.1) is 12.8 Å². The Balaban J connectivity index is 1.21. The van der Waals surface area contributed by atoms with Crippen molar-refractivity contribution in [1.82, 2.24) is 14.9 Å². The molecule has 5 rings (SSSR count). The molecule has 1 saturated heterocycles. The van der Waals surface area contributed by atoms with E-state index in [0.717, 1.165) is 56.0 Å². The predicted octanol–water partition coefficient (Wildman–Crippen LogP) is 3.09. The molecule has 0 spiro atoms. The van der Waals surface area contributed by atoms with Crippen LogP contribution in [-0.4, -0.2) is 47.1 Å². The van der Waals surface area contributed by atoms with Gasteiger partial charge in [-0.2, -0.15) is 0 Å². The Labute approximate surface area is 177 Å². The van der Waals surface area contributed by atoms with Crippen LogP contribution in [0.4, 0.5) is 5.82 Å². The number of hydrogen-bond acceptors (Lipinski definition) is 6. The van der Waals surface area contributed by atoms with E-state index >= 15 is 0 Å². The first-order valence-electron chi connectivity index (χ1n) is 10.8. The van der Waals surface area contributed by atoms with Crippen molar-refractivity contribution >= 4 is 11.7 Å². The molecule has 2 aliphatic heterocycles. The Hall–Kier alpha value is -2.83. The van der Waals surface area contributed by atoms with Crippen LogP contribution in [-0.2, 0) is 17.9 Å². The van der Waals surface area contributed by atoms with Crippen molar-refractivity contribution < 1.29 is 14.3 Å². The zero-order chi connectivity index (χ0) is 20.7. The average Bonchev–Trinajstić information content (AvgIpc) is 3.54. The summed E-state index contributed by atoms with van der Waals surface area (Å²) in [6, 6.07) is 5.95. The number of pyridine rings is 2. The number of carbonyl (C=O) groups excluding carboxylic acids is 1. The van der Waals surface area contributed by atoms with Crippen LogP contribution in [0.1, 0.15) is 42.5 Å². The lowest BCUT2D eigenvalue weighted by molar-refractivity contribution is -0.133. The largest absolute Gasteiger partial charge is 0.489 e. The zero-order valence-corrected chi connectivity index (χ0v) is 17.6. The minimum Gasteiger partial charge on any atom is -0.489 e. The maximum Gasteiger partial charge on any atom is 0.226 e. The van der Waals surface area contributed by atoms with Gasteiger partial charge in [-0.05, 0) is 43.0 Å². The normalized spacial score (nSPS) is 19.0. The smallest absolute Gasteiger partial charge is 0.226 e. The quantitative estimate of drug-likeness (QED) is 0.757. The number of carbonyl (C=O) groups is 1. The highest BCUT2D eigenvalue weighted by molar-refractivity contribution is 5.81. The number of methoxy groups -OCH3 is 1. The number of piperidine rings is 1. The number of fused-ring (bicyclic) bond motifs is 1. The van der Waals surface area contributed by atoms with Gasteiger partial charge in [-0.3, -0.25) is 4.79 Å². The Morgan fingerprint density at radius 1 is 1.13 bits per heavy atom. The summed E-state index contributed by atoms with van der Waals surface area (Å²) in [4.78, 5) is 26.0. The molecule has 2 aromatic rings. The number of hydrogen-bond donors (Lipinski definition) is 0. The summed E-state index contributed by atoms with van der Waals surface area (Å²) in [7, 11) is 1.61. The van der Waals surface area contributed by atoms with Crippen LogP contribution < -0.4 is 14.4 Å². The Morgan fingerprint density at radius 2 is 1.93 bits per heavy atom. The van der Waals surface area contributed by atoms with Crippen molar-refractivity contribution in [3.8, 4) is 11.6 Å². The molecule has 1 saturated carbocycles. The summed E-state index contributed by atoms with van der Waals surface area (Å²) in [5.74, 6) is 2.99. The maximum absolute atomic E-state index is 12.4. The highest BCUT2D eigenvalue weighted by atomic mass is 16.5. The third-order valence-electron chi connectivity index (χ3n) is 6.26. The molecule has 2 fully saturated rings. The molecule has 0 aromatic carbocycles. The predicted molar refractivity (Wildman–Crippen MR) is 113 cm³/mol. The second-order valence-corrected chi connectivity index (χ2v) is 8.54. The maximum atomic E-state index is 12.4. The van der Waals surface area contributed by atoms with Crippen LogP contribution in [0.5, 0.6) is 11.6 Å². The lowest BCUT2D eigenvalue weighted by Crippen LogP contribution is -2.39. The fourth-order valence-electron chi connectivity index (χ4n) is 4.41. The van der Waals surface area contributed by atoms with Crippen molar-refractivity contribution in [2.75, 3.05) is 25.1 Å². The lowest BCUT2D eigenvalue weighted by Gasteiger charge is -2.34. The van der Waals surface area contributed by atoms with Gasteiger partial charge in [-0.25, -0.2) is 9.97 Å². The van der Waals surface area contributed by atoms with E-state index in [0.29, 0.717) is 24.9 Å². The molecule has 3 aliphatic rings. The summed E-state index contributed by atoms with van der Waals surface area (Å²) < 4.78 is 11.2. The second kappa shape index (κ2) is 7.78. The van der Waals surface area contributed by atoms with Crippen LogP contribution >= 0.6 is 0 Å². The van der Waals surface area contributed by atoms with Gasteiger partial charge >= 0.3 is 0 Å². The molecular formula is C23H28N4O3. The van der Waals surface area contributed by atoms with Gasteiger partial charge in [0.2, 0.25) is 11.8 Å². The van der Waals surface area contributed by atoms with Crippen LogP contribution in [0.25, 0.3) is 0 Å². The van der Waals surface area contributed by atoms with E-state index in [1.54, 1.807) is 13.3 Å². The number of ether oxygens (including phenoxy) is 2. The number of anilines is 1. The molecule has 2 aromatic heterocycles. The SMILES string of the molecule is COc1ccc(OC2CCN(c3nc4c(cc3C)CN(C(=O)C3CC3)C4)CC2)cn1. The van der Waals surface area contributed by atoms with E-state index in [1.165, 1.54) is 11.1 Å². The minimum atomic E-state index is 0.179. The minimum absolute atomic E-state index is 0.179. The van der Waals surface area contributed by atoms with Crippen molar-refractivity contribution in [3.05, 3.63) is 41.2 Å². The van der Waals surface area contributed by atoms with Crippen LogP contribution in [0.15, 0.2) is 24.4 Å². The summed E-state index contributed by atoms with van der Waals surface area (Å²) in [5.41, 5.74) is 3.45. The molecular weight excluding hydrogens is 380 g/mol. The van der Waals surface area contributed by atoms with Crippen molar-refractivity contribution in [2.45, 2.75) is 51.8 Å². The molecule has 158 valence electrons. The Bertz CT molecular complexity index is 934. The van der Waals surface area contributed by atoms with Gasteiger partial charge in [0.25, 0.3) is 0 Å². The topological polar surface area (TPSA) is 67.8 Å². The van der Waals surface area contributed by atoms with Gasteiger partial charge in [0.15, 0.2) is 0 Å². The van der Waals surface area contributed by atoms with Crippen LogP contribution in [0.2, 0.25) is 0 Å². The highest BCUT2D eigenvalue weighted by Gasteiger charge is 2.36. The molecule has 0 unspecified atom stereocenters. The number of rotatable bonds is 5. The number of aromatic nitrogens is 2. The second-order valence-electron chi connectivity index (χ2n) is 8.54. The van der Waals surface area contributed by atoms with Gasteiger partial charge in [0.05, 0.1) is 25.5 Å². The summed E-state index contributed by atoms with van der Waals surface area (Å²) in [5, 5.41) is 0. The molecule has 4 heterocycles. The molecule has 0 N–H and O–H groups in total. The van der Waals surface area contributed by atoms with Gasteiger partial charge in [-0.1, -0.05) is 0 Å². The van der Waals surface area contributed by atoms with Crippen LogP contribution in [0.3, 0.4) is 0 Å². The van der Waals surface area contributed by atoms with E-state index in [1.807, 2.05) is 17.0 Å². The number of aryl methyl sites for hydroxylation is 1. The zero-order valence-electron chi connectivity index (χ0n) is 17.6. The molecule has 7 nitrogen and oxygen atoms in total. The first-order chi connectivity index (χ1) is 14.6. The standard InChI is InChI=1S/C23H28N4O3/c1-15-11-17-13-27(23(28)16-3-4-16)14-20(17)25-22(15)26-9-7-18(8-10-26)30-19-5-6-21(29-2)24-12-19/h5-6,11-12,16,18H,3-4,7-10,13-14H2,1-2H3. The first-order valence-corrected chi connectivity index (χ1v) is 10.8. The fraction of sp³-hybridized carbons (Fsp3) is 0.522. The third-order valence-corrected chi connectivity index (χ3v) is 6.26. The molecule has 7 heteroatoms. The Morgan fingerprint density at radius 3 is 2.60 bits per heavy atom. The summed E-state index contributed by atoms with van der Waals surface area (Å²) in [6.45, 7) is 5.31. The van der Waals surface area contributed by atoms with Gasteiger partial charge < -0.3 is 19.3 Å². The van der Waals surface area contributed by atoms with Crippen molar-refractivity contribution in [2.24, 2.45) is 5.92 Å². The van der Waals surface area contributed by atoms with Gasteiger partial charge in [-0.15, -0.1) is 0 Å². The highest BCUT2D eigenvalue weighted by Crippen LogP contribution is 2.35. The fourth-order valence-corrected chi connectivity index (χ4v) is 4.41. The molecule has 1 amide bonds. The number of amides is 1. The average molecular weight is 409 g/mol. The van der Waals surface area contributed by atoms with Gasteiger partial charge in [0.1, 0.15) is 17.7 Å². The number of nitrogens with zero attached hydrogens (tertiary/aromatic N) is 4. The molecule has 0 bridgehead atoms. The van der Waals surface area contributed by atoms with E-state index < -0.39 is 0 Å². The monoisotopic (exact) mass is 408 g/mol. The lowest BCUT2D eigenvalue weighted by atomic mass is 10.1. The summed E-state index contributed by atoms with van der Waals surface area (Å²) in [6.07, 6.45) is 5.87. The van der Waals surface area contributed by atoms with E-state index in [9.17, 15) is 4.79 Å². The molecule has 0 atom stereocenters. The molecule has 1 aliphatic carbocycles. The first kappa shape index (κ1) is 19.2. The molecule has 30 heavy (non-hydrogen) atoms. The van der Waals surface area contributed by atoms with E-state index in [4.69, 9.17) is 14.5 Å². The third kappa shape index (κ3) is 3.80. The Kier molecular flexibility index (Phi) is 4.97. The van der Waals surface area contributed by atoms with Gasteiger partial charge in [0, 0.05) is 44.5 Å². The van der Waals surface area contributed by atoms with E-state index in [-0.39, 0.29) is 12.0 Å². The van der Waals surface area contributed by atoms with Crippen molar-refractivity contribution in [1.29, 1.82) is 0 Å². The molecule has 0 radical (unpaired) electrons. The van der Waals surface area contributed by atoms with Crippen molar-refractivity contribution in [3.63, 3.8) is 0 Å². The summed E-state index contributed by atoms with van der Waals surface area (Å²) >= 11 is 0.